The summed E-state index contributed by atoms with van der Waals surface area (Å²) in [5, 5.41) is 30.9. The summed E-state index contributed by atoms with van der Waals surface area (Å²) in [5.41, 5.74) is 0. The van der Waals surface area contributed by atoms with Crippen molar-refractivity contribution in [3.63, 3.8) is 0 Å². The Morgan fingerprint density at radius 1 is 0.513 bits per heavy atom. The predicted molar refractivity (Wildman–Crippen MR) is 312 cm³/mol. The van der Waals surface area contributed by atoms with Gasteiger partial charge in [0, 0.05) is 13.0 Å². The lowest BCUT2D eigenvalue weighted by molar-refractivity contribution is -0.301. The van der Waals surface area contributed by atoms with Gasteiger partial charge in [0.2, 0.25) is 0 Å². The minimum Gasteiger partial charge on any atom is -0.457 e. The molecule has 0 aromatic rings. The van der Waals surface area contributed by atoms with E-state index in [-0.39, 0.29) is 19.6 Å². The molecule has 0 bridgehead atoms. The highest BCUT2D eigenvalue weighted by Crippen LogP contribution is 2.26. The number of hydrogen-bond donors (Lipinski definition) is 4. The molecule has 1 fully saturated rings. The Kier molecular flexibility index (Phi) is 50.1. The van der Waals surface area contributed by atoms with Gasteiger partial charge >= 0.3 is 16.4 Å². The van der Waals surface area contributed by atoms with Gasteiger partial charge in [-0.15, -0.1) is 0 Å². The van der Waals surface area contributed by atoms with Crippen molar-refractivity contribution in [2.75, 3.05) is 26.4 Å². The molecule has 0 aromatic carbocycles. The zero-order valence-electron chi connectivity index (χ0n) is 48.1. The van der Waals surface area contributed by atoms with Crippen LogP contribution >= 0.6 is 0 Å². The van der Waals surface area contributed by atoms with E-state index in [4.69, 9.17) is 18.9 Å². The summed E-state index contributed by atoms with van der Waals surface area (Å²) in [4.78, 5) is 13.0. The van der Waals surface area contributed by atoms with Crippen LogP contribution < -0.4 is 0 Å². The third kappa shape index (κ3) is 45.4. The van der Waals surface area contributed by atoms with Crippen molar-refractivity contribution in [1.29, 1.82) is 0 Å². The maximum atomic E-state index is 13.0. The second kappa shape index (κ2) is 53.2. The van der Waals surface area contributed by atoms with Gasteiger partial charge in [0.15, 0.2) is 6.29 Å². The number of aliphatic hydroxyl groups excluding tert-OH is 3. The number of aliphatic hydroxyl groups is 3. The molecule has 0 radical (unpaired) electrons. The zero-order valence-corrected chi connectivity index (χ0v) is 48.9. The molecule has 1 aliphatic heterocycles. The summed E-state index contributed by atoms with van der Waals surface area (Å²) in [6.45, 7) is 3.89. The second-order valence-electron chi connectivity index (χ2n) is 20.9. The molecule has 0 saturated carbocycles. The van der Waals surface area contributed by atoms with Gasteiger partial charge in [-0.1, -0.05) is 260 Å². The fourth-order valence-corrected chi connectivity index (χ4v) is 9.78. The third-order valence-electron chi connectivity index (χ3n) is 13.8. The molecule has 0 amide bonds. The summed E-state index contributed by atoms with van der Waals surface area (Å²) >= 11 is 0. The molecular weight excluding hydrogens is 981 g/mol. The van der Waals surface area contributed by atoms with Crippen molar-refractivity contribution in [3.8, 4) is 0 Å². The summed E-state index contributed by atoms with van der Waals surface area (Å²) in [5.74, 6) is -0.421. The molecule has 6 atom stereocenters. The quantitative estimate of drug-likeness (QED) is 0.0196. The van der Waals surface area contributed by atoms with Crippen molar-refractivity contribution in [1.82, 2.24) is 0 Å². The molecule has 1 heterocycles. The van der Waals surface area contributed by atoms with Crippen LogP contribution in [0.5, 0.6) is 0 Å². The first-order valence-electron chi connectivity index (χ1n) is 30.7. The number of esters is 1. The molecule has 0 spiro atoms. The Hall–Kier alpha value is -2.46. The Labute approximate surface area is 464 Å². The molecule has 0 aliphatic carbocycles. The molecule has 76 heavy (non-hydrogen) atoms. The van der Waals surface area contributed by atoms with E-state index in [1.807, 2.05) is 0 Å². The first-order valence-corrected chi connectivity index (χ1v) is 32.1. The highest BCUT2D eigenvalue weighted by atomic mass is 32.3. The maximum absolute atomic E-state index is 13.0. The van der Waals surface area contributed by atoms with Crippen molar-refractivity contribution in [2.24, 2.45) is 0 Å². The van der Waals surface area contributed by atoms with Crippen molar-refractivity contribution >= 4 is 16.4 Å². The van der Waals surface area contributed by atoms with Gasteiger partial charge in [0.05, 0.1) is 19.8 Å². The number of rotatable bonds is 54. The maximum Gasteiger partial charge on any atom is 0.397 e. The average Bonchev–Trinajstić information content (AvgIpc) is 3.40. The number of hydrogen-bond acceptors (Lipinski definition) is 11. The van der Waals surface area contributed by atoms with Crippen LogP contribution in [0.4, 0.5) is 0 Å². The van der Waals surface area contributed by atoms with E-state index >= 15 is 0 Å². The standard InChI is InChI=1S/C63H112O12S/c1-3-5-7-9-11-13-15-17-19-21-23-25-27-28-29-31-33-35-37-39-41-43-45-47-49-51-53-71-55-57(56-72-63-61(67)62(75-76(68,69)70)60(66)58(54-64)74-63)73-59(65)52-50-48-46-44-42-40-38-36-34-32-30-26-24-22-20-18-16-14-12-10-8-6-4-2/h6,8,12,14,18,20,24,26,32,34,38,40,57-58,60-64,66-67H,3-5,7,9-11,13,15-17,19,21-23,25,27-31,33,35-37,39,41-56H2,1-2H3,(H,68,69,70)/b8-6-,14-12-,20-18-,26-24-,34-32-,40-38-. The van der Waals surface area contributed by atoms with Crippen molar-refractivity contribution < 1.29 is 56.2 Å². The van der Waals surface area contributed by atoms with E-state index in [2.05, 4.69) is 90.9 Å². The minimum atomic E-state index is -5.08. The minimum absolute atomic E-state index is 0.0248. The van der Waals surface area contributed by atoms with E-state index in [1.54, 1.807) is 0 Å². The van der Waals surface area contributed by atoms with Gasteiger partial charge in [-0.2, -0.15) is 8.42 Å². The summed E-state index contributed by atoms with van der Waals surface area (Å²) in [6.07, 6.45) is 62.4. The molecule has 442 valence electrons. The molecule has 1 aliphatic rings. The third-order valence-corrected chi connectivity index (χ3v) is 14.3. The molecule has 13 heteroatoms. The van der Waals surface area contributed by atoms with Crippen molar-refractivity contribution in [3.05, 3.63) is 72.9 Å². The normalized spacial score (nSPS) is 19.1. The summed E-state index contributed by atoms with van der Waals surface area (Å²) in [7, 11) is -5.08. The van der Waals surface area contributed by atoms with E-state index in [0.29, 0.717) is 13.0 Å². The Bertz CT molecular complexity index is 1590. The largest absolute Gasteiger partial charge is 0.457 e. The lowest BCUT2D eigenvalue weighted by atomic mass is 9.99. The Balaban J connectivity index is 2.28. The van der Waals surface area contributed by atoms with Crippen LogP contribution in [-0.2, 0) is 38.3 Å². The zero-order chi connectivity index (χ0) is 55.3. The van der Waals surface area contributed by atoms with Crippen LogP contribution in [0.25, 0.3) is 0 Å². The fourth-order valence-electron chi connectivity index (χ4n) is 9.27. The number of ether oxygens (including phenoxy) is 4. The van der Waals surface area contributed by atoms with E-state index in [0.717, 1.165) is 83.5 Å². The van der Waals surface area contributed by atoms with Gasteiger partial charge in [-0.3, -0.25) is 9.35 Å². The van der Waals surface area contributed by atoms with Gasteiger partial charge in [-0.25, -0.2) is 4.18 Å². The smallest absolute Gasteiger partial charge is 0.397 e. The monoisotopic (exact) mass is 1090 g/mol. The van der Waals surface area contributed by atoms with Gasteiger partial charge in [0.25, 0.3) is 0 Å². The topological polar surface area (TPSA) is 178 Å². The van der Waals surface area contributed by atoms with Crippen molar-refractivity contribution in [2.45, 2.75) is 295 Å². The molecular formula is C63H112O12S. The number of carbonyl (C=O) groups excluding carboxylic acids is 1. The first-order chi connectivity index (χ1) is 37.1. The molecule has 1 rings (SSSR count). The molecule has 12 nitrogen and oxygen atoms in total. The van der Waals surface area contributed by atoms with E-state index < -0.39 is 59.8 Å². The van der Waals surface area contributed by atoms with Crippen LogP contribution in [0.1, 0.15) is 258 Å². The Morgan fingerprint density at radius 3 is 1.33 bits per heavy atom. The molecule has 0 aromatic heterocycles. The number of unbranched alkanes of at least 4 members (excludes halogenated alkanes) is 29. The van der Waals surface area contributed by atoms with E-state index in [1.165, 1.54) is 148 Å². The van der Waals surface area contributed by atoms with Gasteiger partial charge in [0.1, 0.15) is 30.5 Å². The number of carbonyl (C=O) groups is 1. The van der Waals surface area contributed by atoms with Gasteiger partial charge in [-0.05, 0) is 64.2 Å². The Morgan fingerprint density at radius 2 is 0.908 bits per heavy atom. The summed E-state index contributed by atoms with van der Waals surface area (Å²) in [6, 6.07) is 0. The first kappa shape index (κ1) is 71.6. The highest BCUT2D eigenvalue weighted by Gasteiger charge is 2.48. The average molecular weight is 1090 g/mol. The van der Waals surface area contributed by atoms with Crippen LogP contribution in [0.2, 0.25) is 0 Å². The fraction of sp³-hybridized carbons (Fsp3) is 0.794. The predicted octanol–water partition coefficient (Wildman–Crippen LogP) is 15.8. The van der Waals surface area contributed by atoms with E-state index in [9.17, 15) is 33.1 Å². The van der Waals surface area contributed by atoms with Crippen LogP contribution in [0.15, 0.2) is 72.9 Å². The lowest BCUT2D eigenvalue weighted by Crippen LogP contribution is -2.60. The molecule has 4 N–H and O–H groups in total. The van der Waals surface area contributed by atoms with Crippen LogP contribution in [0.3, 0.4) is 0 Å². The summed E-state index contributed by atoms with van der Waals surface area (Å²) < 4.78 is 59.5. The van der Waals surface area contributed by atoms with Gasteiger partial charge < -0.3 is 34.3 Å². The highest BCUT2D eigenvalue weighted by molar-refractivity contribution is 7.80. The molecule has 1 saturated heterocycles. The lowest BCUT2D eigenvalue weighted by Gasteiger charge is -2.41. The number of allylic oxidation sites excluding steroid dienone is 12. The SMILES string of the molecule is CC/C=C\C/C=C\C/C=C\C/C=C\C/C=C\C/C=C\CCCCCCC(=O)OC(COCCCCCCCCCCCCCCCCCCCCCCCCCCCC)COC1OC(CO)C(O)C(OS(=O)(=O)O)C1O. The van der Waals surface area contributed by atoms with Crippen LogP contribution in [-0.4, -0.2) is 97.5 Å². The van der Waals surface area contributed by atoms with Crippen LogP contribution in [0, 0.1) is 0 Å². The molecule has 6 unspecified atom stereocenters. The second-order valence-corrected chi connectivity index (χ2v) is 22.0.